The van der Waals surface area contributed by atoms with Crippen molar-refractivity contribution in [2.45, 2.75) is 25.8 Å². The van der Waals surface area contributed by atoms with E-state index in [1.807, 2.05) is 18.3 Å². The highest BCUT2D eigenvalue weighted by atomic mass is 35.5. The quantitative estimate of drug-likeness (QED) is 0.703. The summed E-state index contributed by atoms with van der Waals surface area (Å²) in [6.07, 6.45) is 3.26. The number of rotatable bonds is 6. The molecule has 2 aliphatic heterocycles. The van der Waals surface area contributed by atoms with E-state index in [0.717, 1.165) is 38.5 Å². The van der Waals surface area contributed by atoms with Crippen molar-refractivity contribution in [3.05, 3.63) is 24.4 Å². The molecule has 0 bridgehead atoms. The first-order valence-electron chi connectivity index (χ1n) is 9.60. The Labute approximate surface area is 180 Å². The lowest BCUT2D eigenvalue weighted by atomic mass is 9.79. The molecular weight excluding hydrogens is 401 g/mol. The summed E-state index contributed by atoms with van der Waals surface area (Å²) in [6.45, 7) is 8.44. The minimum Gasteiger partial charge on any atom is -0.381 e. The largest absolute Gasteiger partial charge is 0.381 e. The molecular formula is C19H33Cl2N5O2. The number of nitrogens with two attached hydrogens (primary N) is 1. The molecule has 3 rings (SSSR count). The van der Waals surface area contributed by atoms with E-state index in [2.05, 4.69) is 33.1 Å². The van der Waals surface area contributed by atoms with E-state index in [1.165, 1.54) is 0 Å². The molecule has 2 aliphatic rings. The maximum absolute atomic E-state index is 12.8. The second-order valence-corrected chi connectivity index (χ2v) is 7.45. The van der Waals surface area contributed by atoms with Gasteiger partial charge in [0.2, 0.25) is 5.91 Å². The van der Waals surface area contributed by atoms with Crippen molar-refractivity contribution < 1.29 is 9.53 Å². The summed E-state index contributed by atoms with van der Waals surface area (Å²) in [7, 11) is 0. The molecule has 3 N–H and O–H groups in total. The number of nitrogens with zero attached hydrogens (tertiary/aromatic N) is 3. The van der Waals surface area contributed by atoms with Crippen LogP contribution in [0, 0.1) is 5.41 Å². The first kappa shape index (κ1) is 24.9. The summed E-state index contributed by atoms with van der Waals surface area (Å²) in [6, 6.07) is 6.13. The lowest BCUT2D eigenvalue weighted by Crippen LogP contribution is -2.55. The van der Waals surface area contributed by atoms with E-state index >= 15 is 0 Å². The average Bonchev–Trinajstić information content (AvgIpc) is 2.69. The number of halogens is 2. The summed E-state index contributed by atoms with van der Waals surface area (Å²) in [5.74, 6) is 1.13. The van der Waals surface area contributed by atoms with Crippen molar-refractivity contribution in [3.8, 4) is 0 Å². The molecule has 160 valence electrons. The number of pyridine rings is 1. The number of hydrogen-bond acceptors (Lipinski definition) is 6. The van der Waals surface area contributed by atoms with Gasteiger partial charge in [-0.15, -0.1) is 24.8 Å². The van der Waals surface area contributed by atoms with Gasteiger partial charge in [0.25, 0.3) is 0 Å². The fraction of sp³-hybridized carbons (Fsp3) is 0.684. The van der Waals surface area contributed by atoms with Crippen LogP contribution in [0.5, 0.6) is 0 Å². The number of anilines is 1. The van der Waals surface area contributed by atoms with Gasteiger partial charge in [-0.25, -0.2) is 4.98 Å². The fourth-order valence-corrected chi connectivity index (χ4v) is 3.80. The van der Waals surface area contributed by atoms with Crippen molar-refractivity contribution >= 4 is 36.5 Å². The van der Waals surface area contributed by atoms with Gasteiger partial charge in [0.05, 0.1) is 5.41 Å². The van der Waals surface area contributed by atoms with E-state index in [0.29, 0.717) is 32.6 Å². The molecule has 3 heterocycles. The molecule has 1 amide bonds. The molecule has 2 saturated heterocycles. The molecule has 1 unspecified atom stereocenters. The van der Waals surface area contributed by atoms with Crippen molar-refractivity contribution in [1.82, 2.24) is 15.2 Å². The van der Waals surface area contributed by atoms with Crippen LogP contribution in [0.15, 0.2) is 24.4 Å². The number of aromatic nitrogens is 1. The van der Waals surface area contributed by atoms with Gasteiger partial charge in [0.15, 0.2) is 0 Å². The van der Waals surface area contributed by atoms with E-state index in [-0.39, 0.29) is 36.8 Å². The molecule has 1 aromatic heterocycles. The predicted molar refractivity (Wildman–Crippen MR) is 117 cm³/mol. The van der Waals surface area contributed by atoms with Crippen LogP contribution in [0.3, 0.4) is 0 Å². The third kappa shape index (κ3) is 6.19. The van der Waals surface area contributed by atoms with Gasteiger partial charge < -0.3 is 20.7 Å². The third-order valence-corrected chi connectivity index (χ3v) is 5.58. The maximum atomic E-state index is 12.8. The summed E-state index contributed by atoms with van der Waals surface area (Å²) >= 11 is 0. The standard InChI is InChI=1S/C19H31N5O2.2ClH/c1-16(22-18(25)19(15-20)5-12-26-13-6-19)14-23-8-10-24(11-9-23)17-4-2-3-7-21-17;;/h2-4,7,16H,5-6,8-15,20H2,1H3,(H,22,25);2*1H. The molecule has 7 nitrogen and oxygen atoms in total. The van der Waals surface area contributed by atoms with Gasteiger partial charge in [-0.3, -0.25) is 9.69 Å². The Hall–Kier alpha value is -1.12. The minimum atomic E-state index is -0.454. The van der Waals surface area contributed by atoms with Crippen LogP contribution in [0.1, 0.15) is 19.8 Å². The number of piperazine rings is 1. The topological polar surface area (TPSA) is 83.7 Å². The van der Waals surface area contributed by atoms with Crippen LogP contribution in [-0.2, 0) is 9.53 Å². The van der Waals surface area contributed by atoms with Crippen molar-refractivity contribution in [3.63, 3.8) is 0 Å². The average molecular weight is 434 g/mol. The maximum Gasteiger partial charge on any atom is 0.227 e. The summed E-state index contributed by atoms with van der Waals surface area (Å²) in [5.41, 5.74) is 5.48. The molecule has 1 atom stereocenters. The van der Waals surface area contributed by atoms with E-state index in [4.69, 9.17) is 10.5 Å². The van der Waals surface area contributed by atoms with Gasteiger partial charge in [0, 0.05) is 64.7 Å². The van der Waals surface area contributed by atoms with Gasteiger partial charge in [-0.1, -0.05) is 6.07 Å². The lowest BCUT2D eigenvalue weighted by Gasteiger charge is -2.38. The normalized spacial score (nSPS) is 20.4. The number of hydrogen-bond donors (Lipinski definition) is 2. The summed E-state index contributed by atoms with van der Waals surface area (Å²) in [4.78, 5) is 21.9. The Bertz CT molecular complexity index is 579. The highest BCUT2D eigenvalue weighted by Gasteiger charge is 2.39. The van der Waals surface area contributed by atoms with Crippen molar-refractivity contribution in [2.24, 2.45) is 11.1 Å². The number of carbonyl (C=O) groups excluding carboxylic acids is 1. The molecule has 0 spiro atoms. The van der Waals surface area contributed by atoms with Crippen LogP contribution in [0.4, 0.5) is 5.82 Å². The van der Waals surface area contributed by atoms with Gasteiger partial charge >= 0.3 is 0 Å². The Morgan fingerprint density at radius 3 is 2.50 bits per heavy atom. The first-order chi connectivity index (χ1) is 12.6. The Morgan fingerprint density at radius 2 is 1.93 bits per heavy atom. The second-order valence-electron chi connectivity index (χ2n) is 7.45. The second kappa shape index (κ2) is 11.8. The van der Waals surface area contributed by atoms with Crippen LogP contribution >= 0.6 is 24.8 Å². The van der Waals surface area contributed by atoms with Crippen LogP contribution < -0.4 is 16.0 Å². The van der Waals surface area contributed by atoms with E-state index in [1.54, 1.807) is 0 Å². The first-order valence-corrected chi connectivity index (χ1v) is 9.60. The zero-order chi connectivity index (χ0) is 18.4. The van der Waals surface area contributed by atoms with Crippen LogP contribution in [0.2, 0.25) is 0 Å². The van der Waals surface area contributed by atoms with Crippen molar-refractivity contribution in [1.29, 1.82) is 0 Å². The smallest absolute Gasteiger partial charge is 0.227 e. The molecule has 2 fully saturated rings. The van der Waals surface area contributed by atoms with Gasteiger partial charge in [-0.2, -0.15) is 0 Å². The summed E-state index contributed by atoms with van der Waals surface area (Å²) in [5, 5.41) is 3.19. The molecule has 0 aromatic carbocycles. The predicted octanol–water partition coefficient (Wildman–Crippen LogP) is 1.31. The lowest BCUT2D eigenvalue weighted by molar-refractivity contribution is -0.136. The van der Waals surface area contributed by atoms with Gasteiger partial charge in [-0.05, 0) is 31.9 Å². The Morgan fingerprint density at radius 1 is 1.25 bits per heavy atom. The molecule has 0 aliphatic carbocycles. The van der Waals surface area contributed by atoms with Gasteiger partial charge in [0.1, 0.15) is 5.82 Å². The van der Waals surface area contributed by atoms with Crippen molar-refractivity contribution in [2.75, 3.05) is 57.4 Å². The zero-order valence-electron chi connectivity index (χ0n) is 16.5. The number of amides is 1. The zero-order valence-corrected chi connectivity index (χ0v) is 18.1. The number of ether oxygens (including phenoxy) is 1. The Kier molecular flexibility index (Phi) is 10.5. The van der Waals surface area contributed by atoms with E-state index in [9.17, 15) is 4.79 Å². The Balaban J connectivity index is 0.00000196. The molecule has 28 heavy (non-hydrogen) atoms. The third-order valence-electron chi connectivity index (χ3n) is 5.58. The highest BCUT2D eigenvalue weighted by Crippen LogP contribution is 2.29. The molecule has 0 radical (unpaired) electrons. The highest BCUT2D eigenvalue weighted by molar-refractivity contribution is 5.85. The monoisotopic (exact) mass is 433 g/mol. The molecule has 9 heteroatoms. The number of nitrogens with one attached hydrogen (secondary N) is 1. The fourth-order valence-electron chi connectivity index (χ4n) is 3.80. The SMILES string of the molecule is CC(CN1CCN(c2ccccn2)CC1)NC(=O)C1(CN)CCOCC1.Cl.Cl. The molecule has 0 saturated carbocycles. The van der Waals surface area contributed by atoms with Crippen LogP contribution in [0.25, 0.3) is 0 Å². The minimum absolute atomic E-state index is 0. The van der Waals surface area contributed by atoms with Crippen LogP contribution in [-0.4, -0.2) is 74.3 Å². The summed E-state index contributed by atoms with van der Waals surface area (Å²) < 4.78 is 5.40. The number of carbonyl (C=O) groups is 1. The van der Waals surface area contributed by atoms with E-state index < -0.39 is 5.41 Å². The molecule has 1 aromatic rings.